The first kappa shape index (κ1) is 21.0. The van der Waals surface area contributed by atoms with E-state index in [1.807, 2.05) is 30.9 Å². The summed E-state index contributed by atoms with van der Waals surface area (Å²) < 4.78 is 1.09. The molecule has 2 aromatic rings. The number of carbonyl (C=O) groups excluding carboxylic acids is 1. The second-order valence-corrected chi connectivity index (χ2v) is 8.31. The molecule has 0 aromatic heterocycles. The first-order valence-electron chi connectivity index (χ1n) is 10.1. The van der Waals surface area contributed by atoms with Crippen molar-refractivity contribution in [3.63, 3.8) is 0 Å². The lowest BCUT2D eigenvalue weighted by atomic mass is 9.95. The molecule has 150 valence electrons. The number of rotatable bonds is 6. The minimum atomic E-state index is 0.107. The van der Waals surface area contributed by atoms with Crippen LogP contribution in [0.3, 0.4) is 0 Å². The third-order valence-electron chi connectivity index (χ3n) is 5.59. The van der Waals surface area contributed by atoms with Gasteiger partial charge in [0.2, 0.25) is 0 Å². The second-order valence-electron chi connectivity index (χ2n) is 7.40. The number of halogens is 1. The first-order chi connectivity index (χ1) is 13.5. The van der Waals surface area contributed by atoms with Crippen LogP contribution in [0.1, 0.15) is 41.4 Å². The largest absolute Gasteiger partial charge is 0.339 e. The van der Waals surface area contributed by atoms with Gasteiger partial charge in [-0.2, -0.15) is 0 Å². The number of amides is 1. The molecule has 0 saturated carbocycles. The normalized spacial score (nSPS) is 16.7. The van der Waals surface area contributed by atoms with Gasteiger partial charge in [0, 0.05) is 49.3 Å². The fraction of sp³-hybridized carbons (Fsp3) is 0.435. The van der Waals surface area contributed by atoms with Crippen LogP contribution in [-0.2, 0) is 0 Å². The number of piperazine rings is 1. The van der Waals surface area contributed by atoms with Crippen LogP contribution in [0.5, 0.6) is 0 Å². The van der Waals surface area contributed by atoms with Crippen molar-refractivity contribution in [2.45, 2.75) is 19.9 Å². The van der Waals surface area contributed by atoms with Crippen molar-refractivity contribution in [3.05, 3.63) is 69.7 Å². The highest BCUT2D eigenvalue weighted by molar-refractivity contribution is 9.10. The van der Waals surface area contributed by atoms with Gasteiger partial charge in [-0.3, -0.25) is 9.69 Å². The molecule has 4 nitrogen and oxygen atoms in total. The van der Waals surface area contributed by atoms with Gasteiger partial charge in [-0.25, -0.2) is 0 Å². The molecule has 0 N–H and O–H groups in total. The molecule has 1 amide bonds. The summed E-state index contributed by atoms with van der Waals surface area (Å²) in [4.78, 5) is 19.4. The molecule has 1 atom stereocenters. The summed E-state index contributed by atoms with van der Waals surface area (Å²) in [5.41, 5.74) is 3.28. The van der Waals surface area contributed by atoms with E-state index in [4.69, 9.17) is 0 Å². The molecular formula is C23H30BrN3O. The summed E-state index contributed by atoms with van der Waals surface area (Å²) in [7, 11) is 2.18. The molecule has 1 heterocycles. The van der Waals surface area contributed by atoms with Gasteiger partial charge in [-0.15, -0.1) is 0 Å². The average molecular weight is 444 g/mol. The van der Waals surface area contributed by atoms with E-state index < -0.39 is 0 Å². The molecule has 0 radical (unpaired) electrons. The van der Waals surface area contributed by atoms with Crippen molar-refractivity contribution in [2.24, 2.45) is 0 Å². The molecular weight excluding hydrogens is 414 g/mol. The third kappa shape index (κ3) is 4.83. The average Bonchev–Trinajstić information content (AvgIpc) is 2.71. The van der Waals surface area contributed by atoms with E-state index in [0.717, 1.165) is 49.3 Å². The van der Waals surface area contributed by atoms with Crippen molar-refractivity contribution >= 4 is 21.8 Å². The van der Waals surface area contributed by atoms with Gasteiger partial charge < -0.3 is 9.80 Å². The summed E-state index contributed by atoms with van der Waals surface area (Å²) in [6, 6.07) is 17.0. The Kier molecular flexibility index (Phi) is 7.27. The molecule has 0 spiro atoms. The van der Waals surface area contributed by atoms with E-state index in [2.05, 4.69) is 69.2 Å². The summed E-state index contributed by atoms with van der Waals surface area (Å²) in [5.74, 6) is 0.107. The lowest BCUT2D eigenvalue weighted by molar-refractivity contribution is 0.0773. The summed E-state index contributed by atoms with van der Waals surface area (Å²) >= 11 is 3.62. The molecule has 1 unspecified atom stereocenters. The lowest BCUT2D eigenvalue weighted by Gasteiger charge is -2.38. The van der Waals surface area contributed by atoms with E-state index in [9.17, 15) is 4.79 Å². The maximum Gasteiger partial charge on any atom is 0.253 e. The van der Waals surface area contributed by atoms with Crippen LogP contribution in [-0.4, -0.2) is 66.9 Å². The van der Waals surface area contributed by atoms with Crippen molar-refractivity contribution < 1.29 is 4.79 Å². The highest BCUT2D eigenvalue weighted by atomic mass is 79.9. The molecule has 0 aliphatic carbocycles. The number of hydrogen-bond acceptors (Lipinski definition) is 3. The Labute approximate surface area is 177 Å². The van der Waals surface area contributed by atoms with E-state index in [1.54, 1.807) is 0 Å². The number of hydrogen-bond donors (Lipinski definition) is 0. The van der Waals surface area contributed by atoms with Crippen LogP contribution >= 0.6 is 15.9 Å². The van der Waals surface area contributed by atoms with Crippen LogP contribution < -0.4 is 0 Å². The monoisotopic (exact) mass is 443 g/mol. The third-order valence-corrected chi connectivity index (χ3v) is 6.08. The zero-order valence-electron chi connectivity index (χ0n) is 17.1. The number of benzene rings is 2. The van der Waals surface area contributed by atoms with Gasteiger partial charge in [0.25, 0.3) is 5.91 Å². The second kappa shape index (κ2) is 9.68. The van der Waals surface area contributed by atoms with E-state index in [1.165, 1.54) is 11.1 Å². The zero-order valence-corrected chi connectivity index (χ0v) is 18.7. The smallest absolute Gasteiger partial charge is 0.253 e. The maximum absolute atomic E-state index is 12.6. The molecule has 5 heteroatoms. The van der Waals surface area contributed by atoms with Gasteiger partial charge in [-0.05, 0) is 56.3 Å². The summed E-state index contributed by atoms with van der Waals surface area (Å²) in [6.07, 6.45) is 0. The molecule has 28 heavy (non-hydrogen) atoms. The molecule has 2 aromatic carbocycles. The van der Waals surface area contributed by atoms with Gasteiger partial charge in [0.15, 0.2) is 0 Å². The molecule has 0 bridgehead atoms. The Bertz CT molecular complexity index is 781. The van der Waals surface area contributed by atoms with Gasteiger partial charge in [0.1, 0.15) is 0 Å². The highest BCUT2D eigenvalue weighted by Gasteiger charge is 2.26. The first-order valence-corrected chi connectivity index (χ1v) is 10.9. The summed E-state index contributed by atoms with van der Waals surface area (Å²) in [6.45, 7) is 9.73. The molecule has 1 saturated heterocycles. The Hall–Kier alpha value is -1.69. The van der Waals surface area contributed by atoms with Gasteiger partial charge in [0.05, 0.1) is 6.04 Å². The van der Waals surface area contributed by atoms with Crippen LogP contribution in [0, 0.1) is 0 Å². The van der Waals surface area contributed by atoms with Gasteiger partial charge in [-0.1, -0.05) is 40.2 Å². The fourth-order valence-corrected chi connectivity index (χ4v) is 4.29. The quantitative estimate of drug-likeness (QED) is 0.666. The van der Waals surface area contributed by atoms with Gasteiger partial charge >= 0.3 is 0 Å². The molecule has 1 aliphatic rings. The number of carbonyl (C=O) groups is 1. The van der Waals surface area contributed by atoms with E-state index in [-0.39, 0.29) is 11.9 Å². The van der Waals surface area contributed by atoms with E-state index in [0.29, 0.717) is 0 Å². The van der Waals surface area contributed by atoms with Crippen LogP contribution in [0.4, 0.5) is 0 Å². The topological polar surface area (TPSA) is 26.8 Å². The summed E-state index contributed by atoms with van der Waals surface area (Å²) in [5, 5.41) is 0. The van der Waals surface area contributed by atoms with Crippen molar-refractivity contribution in [2.75, 3.05) is 46.3 Å². The lowest BCUT2D eigenvalue weighted by Crippen LogP contribution is -2.46. The predicted octanol–water partition coefficient (Wildman–Crippen LogP) is 4.27. The van der Waals surface area contributed by atoms with Crippen molar-refractivity contribution in [1.82, 2.24) is 14.7 Å². The maximum atomic E-state index is 12.6. The van der Waals surface area contributed by atoms with E-state index >= 15 is 0 Å². The van der Waals surface area contributed by atoms with Crippen LogP contribution in [0.25, 0.3) is 0 Å². The Balaban J connectivity index is 1.91. The molecule has 1 fully saturated rings. The van der Waals surface area contributed by atoms with Crippen LogP contribution in [0.15, 0.2) is 53.0 Å². The fourth-order valence-electron chi connectivity index (χ4n) is 3.87. The Morgan fingerprint density at radius 3 is 2.21 bits per heavy atom. The van der Waals surface area contributed by atoms with Crippen LogP contribution in [0.2, 0.25) is 0 Å². The minimum Gasteiger partial charge on any atom is -0.339 e. The predicted molar refractivity (Wildman–Crippen MR) is 119 cm³/mol. The Morgan fingerprint density at radius 1 is 1.00 bits per heavy atom. The molecule has 3 rings (SSSR count). The number of nitrogens with zero attached hydrogens (tertiary/aromatic N) is 3. The number of likely N-dealkylation sites (N-methyl/N-ethyl adjacent to an activating group) is 1. The minimum absolute atomic E-state index is 0.107. The van der Waals surface area contributed by atoms with Crippen molar-refractivity contribution in [3.8, 4) is 0 Å². The highest BCUT2D eigenvalue weighted by Crippen LogP contribution is 2.31. The zero-order chi connectivity index (χ0) is 20.1. The standard InChI is InChI=1S/C23H30BrN3O/c1-4-26(5-2)23(28)19-11-9-18(10-12-19)22(20-7-6-8-21(24)17-20)27-15-13-25(3)14-16-27/h6-12,17,22H,4-5,13-16H2,1-3H3. The molecule has 1 aliphatic heterocycles. The van der Waals surface area contributed by atoms with Crippen molar-refractivity contribution in [1.29, 1.82) is 0 Å². The Morgan fingerprint density at radius 2 is 1.64 bits per heavy atom. The SMILES string of the molecule is CCN(CC)C(=O)c1ccc(C(c2cccc(Br)c2)N2CCN(C)CC2)cc1.